The summed E-state index contributed by atoms with van der Waals surface area (Å²) in [5.41, 5.74) is 1.70. The molecule has 0 aliphatic rings. The quantitative estimate of drug-likeness (QED) is 0.729. The van der Waals surface area contributed by atoms with Crippen molar-refractivity contribution in [2.45, 2.75) is 45.8 Å². The highest BCUT2D eigenvalue weighted by atomic mass is 35.5. The van der Waals surface area contributed by atoms with Gasteiger partial charge in [0.15, 0.2) is 0 Å². The first kappa shape index (κ1) is 21.8. The lowest BCUT2D eigenvalue weighted by molar-refractivity contribution is -0.140. The van der Waals surface area contributed by atoms with Crippen molar-refractivity contribution in [3.8, 4) is 5.75 Å². The number of carbonyl (C=O) groups excluding carboxylic acids is 2. The number of rotatable bonds is 8. The molecule has 1 unspecified atom stereocenters. The van der Waals surface area contributed by atoms with E-state index in [2.05, 4.69) is 5.32 Å². The predicted molar refractivity (Wildman–Crippen MR) is 111 cm³/mol. The minimum atomic E-state index is -0.611. The molecular weight excluding hydrogens is 376 g/mol. The topological polar surface area (TPSA) is 58.6 Å². The minimum absolute atomic E-state index is 0.00310. The van der Waals surface area contributed by atoms with Gasteiger partial charge in [0.05, 0.1) is 13.5 Å². The van der Waals surface area contributed by atoms with Crippen molar-refractivity contribution in [2.24, 2.45) is 0 Å². The van der Waals surface area contributed by atoms with E-state index in [1.165, 1.54) is 0 Å². The molecule has 0 saturated carbocycles. The molecule has 6 heteroatoms. The van der Waals surface area contributed by atoms with E-state index in [-0.39, 0.29) is 24.3 Å². The van der Waals surface area contributed by atoms with Crippen LogP contribution in [-0.4, -0.2) is 35.9 Å². The van der Waals surface area contributed by atoms with E-state index in [0.717, 1.165) is 11.1 Å². The Kier molecular flexibility index (Phi) is 7.88. The summed E-state index contributed by atoms with van der Waals surface area (Å²) in [5, 5.41) is 3.46. The molecule has 28 heavy (non-hydrogen) atoms. The fraction of sp³-hybridized carbons (Fsp3) is 0.364. The zero-order chi connectivity index (χ0) is 20.7. The number of methoxy groups -OCH3 is 1. The number of ether oxygens (including phenoxy) is 1. The monoisotopic (exact) mass is 402 g/mol. The van der Waals surface area contributed by atoms with Crippen LogP contribution in [0.25, 0.3) is 0 Å². The Morgan fingerprint density at radius 2 is 1.75 bits per heavy atom. The number of hydrogen-bond acceptors (Lipinski definition) is 3. The summed E-state index contributed by atoms with van der Waals surface area (Å²) in [6, 6.07) is 14.1. The molecule has 0 heterocycles. The molecule has 0 aliphatic heterocycles. The number of halogens is 1. The molecule has 0 fully saturated rings. The molecule has 0 bridgehead atoms. The number of nitrogens with one attached hydrogen (secondary N) is 1. The number of amides is 2. The van der Waals surface area contributed by atoms with Crippen LogP contribution in [-0.2, 0) is 22.6 Å². The first-order valence-corrected chi connectivity index (χ1v) is 9.65. The fourth-order valence-corrected chi connectivity index (χ4v) is 3.09. The maximum atomic E-state index is 13.1. The standard InChI is InChI=1S/C22H27ClN2O3/c1-15(2)24-22(27)16(3)25(14-18-8-6-10-20(12-18)28-4)21(26)13-17-7-5-9-19(23)11-17/h5-12,15-16H,13-14H2,1-4H3,(H,24,27). The second-order valence-corrected chi connectivity index (χ2v) is 7.46. The molecule has 150 valence electrons. The smallest absolute Gasteiger partial charge is 0.242 e. The van der Waals surface area contributed by atoms with Gasteiger partial charge in [0, 0.05) is 17.6 Å². The Bertz CT molecular complexity index is 823. The van der Waals surface area contributed by atoms with Crippen LogP contribution in [0.5, 0.6) is 5.75 Å². The van der Waals surface area contributed by atoms with E-state index in [0.29, 0.717) is 17.3 Å². The molecule has 2 aromatic rings. The molecule has 2 amide bonds. The van der Waals surface area contributed by atoms with Crippen molar-refractivity contribution in [1.82, 2.24) is 10.2 Å². The van der Waals surface area contributed by atoms with Crippen LogP contribution in [0.3, 0.4) is 0 Å². The van der Waals surface area contributed by atoms with Crippen LogP contribution >= 0.6 is 11.6 Å². The number of carbonyl (C=O) groups is 2. The first-order valence-electron chi connectivity index (χ1n) is 9.27. The van der Waals surface area contributed by atoms with Gasteiger partial charge >= 0.3 is 0 Å². The van der Waals surface area contributed by atoms with E-state index in [1.54, 1.807) is 31.1 Å². The maximum Gasteiger partial charge on any atom is 0.242 e. The van der Waals surface area contributed by atoms with E-state index in [9.17, 15) is 9.59 Å². The lowest BCUT2D eigenvalue weighted by Crippen LogP contribution is -2.49. The molecule has 2 aromatic carbocycles. The van der Waals surface area contributed by atoms with Crippen molar-refractivity contribution in [2.75, 3.05) is 7.11 Å². The maximum absolute atomic E-state index is 13.1. The second-order valence-electron chi connectivity index (χ2n) is 7.02. The van der Waals surface area contributed by atoms with Crippen molar-refractivity contribution in [1.29, 1.82) is 0 Å². The highest BCUT2D eigenvalue weighted by molar-refractivity contribution is 6.30. The lowest BCUT2D eigenvalue weighted by Gasteiger charge is -2.29. The van der Waals surface area contributed by atoms with E-state index in [4.69, 9.17) is 16.3 Å². The van der Waals surface area contributed by atoms with Gasteiger partial charge in [-0.3, -0.25) is 9.59 Å². The highest BCUT2D eigenvalue weighted by Crippen LogP contribution is 2.18. The molecule has 0 spiro atoms. The second kappa shape index (κ2) is 10.1. The lowest BCUT2D eigenvalue weighted by atomic mass is 10.1. The van der Waals surface area contributed by atoms with Crippen LogP contribution in [0.1, 0.15) is 31.9 Å². The van der Waals surface area contributed by atoms with E-state index < -0.39 is 6.04 Å². The molecule has 0 aromatic heterocycles. The number of benzene rings is 2. The molecule has 5 nitrogen and oxygen atoms in total. The summed E-state index contributed by atoms with van der Waals surface area (Å²) >= 11 is 6.04. The summed E-state index contributed by atoms with van der Waals surface area (Å²) in [7, 11) is 1.60. The van der Waals surface area contributed by atoms with Crippen LogP contribution in [0.2, 0.25) is 5.02 Å². The molecule has 0 aliphatic carbocycles. The Hall–Kier alpha value is -2.53. The van der Waals surface area contributed by atoms with Gasteiger partial charge in [0.2, 0.25) is 11.8 Å². The van der Waals surface area contributed by atoms with Gasteiger partial charge in [0.25, 0.3) is 0 Å². The SMILES string of the molecule is COc1cccc(CN(C(=O)Cc2cccc(Cl)c2)C(C)C(=O)NC(C)C)c1. The van der Waals surface area contributed by atoms with Gasteiger partial charge in [-0.05, 0) is 56.2 Å². The molecule has 0 radical (unpaired) electrons. The van der Waals surface area contributed by atoms with Crippen molar-refractivity contribution >= 4 is 23.4 Å². The summed E-state index contributed by atoms with van der Waals surface area (Å²) in [6.07, 6.45) is 0.170. The van der Waals surface area contributed by atoms with Crippen molar-refractivity contribution < 1.29 is 14.3 Å². The Morgan fingerprint density at radius 3 is 2.39 bits per heavy atom. The van der Waals surface area contributed by atoms with Gasteiger partial charge < -0.3 is 15.0 Å². The molecular formula is C22H27ClN2O3. The Labute approximate surface area is 171 Å². The fourth-order valence-electron chi connectivity index (χ4n) is 2.88. The number of hydrogen-bond donors (Lipinski definition) is 1. The van der Waals surface area contributed by atoms with Gasteiger partial charge in [-0.2, -0.15) is 0 Å². The van der Waals surface area contributed by atoms with E-state index in [1.807, 2.05) is 50.2 Å². The highest BCUT2D eigenvalue weighted by Gasteiger charge is 2.26. The predicted octanol–water partition coefficient (Wildman–Crippen LogP) is 3.83. The summed E-state index contributed by atoms with van der Waals surface area (Å²) in [6.45, 7) is 5.84. The zero-order valence-electron chi connectivity index (χ0n) is 16.7. The zero-order valence-corrected chi connectivity index (χ0v) is 17.5. The minimum Gasteiger partial charge on any atom is -0.497 e. The summed E-state index contributed by atoms with van der Waals surface area (Å²) < 4.78 is 5.27. The average Bonchev–Trinajstić information content (AvgIpc) is 2.65. The Morgan fingerprint density at radius 1 is 1.07 bits per heavy atom. The van der Waals surface area contributed by atoms with Crippen LogP contribution in [0.15, 0.2) is 48.5 Å². The molecule has 2 rings (SSSR count). The van der Waals surface area contributed by atoms with Crippen LogP contribution < -0.4 is 10.1 Å². The van der Waals surface area contributed by atoms with Gasteiger partial charge in [-0.25, -0.2) is 0 Å². The normalized spacial score (nSPS) is 11.8. The third-order valence-electron chi connectivity index (χ3n) is 4.33. The van der Waals surface area contributed by atoms with Gasteiger partial charge in [-0.1, -0.05) is 35.9 Å². The van der Waals surface area contributed by atoms with Crippen LogP contribution in [0, 0.1) is 0 Å². The number of nitrogens with zero attached hydrogens (tertiary/aromatic N) is 1. The third kappa shape index (κ3) is 6.27. The van der Waals surface area contributed by atoms with Crippen molar-refractivity contribution in [3.63, 3.8) is 0 Å². The van der Waals surface area contributed by atoms with Gasteiger partial charge in [-0.15, -0.1) is 0 Å². The molecule has 0 saturated heterocycles. The average molecular weight is 403 g/mol. The van der Waals surface area contributed by atoms with Crippen LogP contribution in [0.4, 0.5) is 0 Å². The summed E-state index contributed by atoms with van der Waals surface area (Å²) in [4.78, 5) is 27.2. The Balaban J connectivity index is 2.25. The molecule has 1 atom stereocenters. The first-order chi connectivity index (χ1) is 13.3. The van der Waals surface area contributed by atoms with Crippen molar-refractivity contribution in [3.05, 3.63) is 64.7 Å². The van der Waals surface area contributed by atoms with E-state index >= 15 is 0 Å². The molecule has 1 N–H and O–H groups in total. The summed E-state index contributed by atoms with van der Waals surface area (Å²) in [5.74, 6) is 0.382. The largest absolute Gasteiger partial charge is 0.497 e. The van der Waals surface area contributed by atoms with Gasteiger partial charge in [0.1, 0.15) is 11.8 Å². The third-order valence-corrected chi connectivity index (χ3v) is 4.56.